The molecule has 1 aromatic carbocycles. The molecule has 0 aromatic heterocycles. The molecule has 2 heterocycles. The van der Waals surface area contributed by atoms with Gasteiger partial charge in [0, 0.05) is 6.04 Å². The summed E-state index contributed by atoms with van der Waals surface area (Å²) in [5, 5.41) is 0. The first-order valence-corrected chi connectivity index (χ1v) is 9.15. The highest BCUT2D eigenvalue weighted by Crippen LogP contribution is 2.26. The number of piperidine rings is 1. The van der Waals surface area contributed by atoms with Crippen molar-refractivity contribution in [1.82, 2.24) is 9.80 Å². The van der Waals surface area contributed by atoms with Crippen molar-refractivity contribution < 1.29 is 9.18 Å². The van der Waals surface area contributed by atoms with Gasteiger partial charge in [-0.1, -0.05) is 12.1 Å². The highest BCUT2D eigenvalue weighted by atomic mass is 19.1. The highest BCUT2D eigenvalue weighted by molar-refractivity contribution is 5.80. The molecule has 2 aliphatic rings. The van der Waals surface area contributed by atoms with Gasteiger partial charge in [0.1, 0.15) is 5.82 Å². The molecule has 4 nitrogen and oxygen atoms in total. The number of halogens is 1. The number of rotatable bonds is 6. The van der Waals surface area contributed by atoms with Crippen molar-refractivity contribution in [3.63, 3.8) is 0 Å². The Labute approximate surface area is 143 Å². The van der Waals surface area contributed by atoms with E-state index in [1.54, 1.807) is 12.1 Å². The molecule has 0 spiro atoms. The summed E-state index contributed by atoms with van der Waals surface area (Å²) in [6.45, 7) is 4.23. The van der Waals surface area contributed by atoms with Crippen LogP contribution in [0.15, 0.2) is 24.3 Å². The SMILES string of the molecule is NC(=O)C1CCCN1C1CCN(CCCc2cccc(F)c2)CC1. The van der Waals surface area contributed by atoms with E-state index in [0.717, 1.165) is 70.3 Å². The zero-order valence-corrected chi connectivity index (χ0v) is 14.3. The van der Waals surface area contributed by atoms with Crippen molar-refractivity contribution in [2.45, 2.75) is 50.6 Å². The number of carbonyl (C=O) groups is 1. The standard InChI is InChI=1S/C19H28FN3O/c20-16-6-1-4-15(14-16)5-2-10-22-12-8-17(9-13-22)23-11-3-7-18(23)19(21)24/h1,4,6,14,17-18H,2-3,5,7-13H2,(H2,21,24). The van der Waals surface area contributed by atoms with Crippen LogP contribution in [0.2, 0.25) is 0 Å². The van der Waals surface area contributed by atoms with Crippen LogP contribution in [0.3, 0.4) is 0 Å². The van der Waals surface area contributed by atoms with Crippen LogP contribution in [0.1, 0.15) is 37.7 Å². The third-order valence-electron chi connectivity index (χ3n) is 5.48. The van der Waals surface area contributed by atoms with Gasteiger partial charge < -0.3 is 10.6 Å². The van der Waals surface area contributed by atoms with Gasteiger partial charge in [-0.05, 0) is 82.4 Å². The van der Waals surface area contributed by atoms with Crippen LogP contribution in [-0.4, -0.2) is 54.0 Å². The fraction of sp³-hybridized carbons (Fsp3) is 0.632. The molecule has 1 aromatic rings. The quantitative estimate of drug-likeness (QED) is 0.868. The van der Waals surface area contributed by atoms with Gasteiger partial charge in [-0.3, -0.25) is 9.69 Å². The number of primary amides is 1. The maximum atomic E-state index is 13.2. The summed E-state index contributed by atoms with van der Waals surface area (Å²) in [6, 6.07) is 7.35. The van der Waals surface area contributed by atoms with Crippen LogP contribution in [0.5, 0.6) is 0 Å². The zero-order chi connectivity index (χ0) is 16.9. The molecule has 0 saturated carbocycles. The number of hydrogen-bond acceptors (Lipinski definition) is 3. The Morgan fingerprint density at radius 3 is 2.71 bits per heavy atom. The number of likely N-dealkylation sites (tertiary alicyclic amines) is 2. The maximum absolute atomic E-state index is 13.2. The number of nitrogens with zero attached hydrogens (tertiary/aromatic N) is 2. The monoisotopic (exact) mass is 333 g/mol. The molecular formula is C19H28FN3O. The normalized spacial score (nSPS) is 23.6. The smallest absolute Gasteiger partial charge is 0.234 e. The largest absolute Gasteiger partial charge is 0.368 e. The molecule has 1 unspecified atom stereocenters. The molecule has 0 radical (unpaired) electrons. The van der Waals surface area contributed by atoms with Gasteiger partial charge in [-0.25, -0.2) is 4.39 Å². The Bertz CT molecular complexity index is 557. The molecule has 0 bridgehead atoms. The summed E-state index contributed by atoms with van der Waals surface area (Å²) in [7, 11) is 0. The first kappa shape index (κ1) is 17.4. The average Bonchev–Trinajstić information content (AvgIpc) is 3.05. The van der Waals surface area contributed by atoms with E-state index in [1.807, 2.05) is 6.07 Å². The first-order valence-electron chi connectivity index (χ1n) is 9.15. The molecule has 1 atom stereocenters. The van der Waals surface area contributed by atoms with Crippen LogP contribution in [0.25, 0.3) is 0 Å². The maximum Gasteiger partial charge on any atom is 0.234 e. The van der Waals surface area contributed by atoms with Crippen molar-refractivity contribution in [3.05, 3.63) is 35.6 Å². The van der Waals surface area contributed by atoms with E-state index in [-0.39, 0.29) is 17.8 Å². The lowest BCUT2D eigenvalue weighted by Crippen LogP contribution is -2.50. The van der Waals surface area contributed by atoms with E-state index in [0.29, 0.717) is 6.04 Å². The Morgan fingerprint density at radius 1 is 1.21 bits per heavy atom. The third kappa shape index (κ3) is 4.33. The molecule has 2 saturated heterocycles. The summed E-state index contributed by atoms with van der Waals surface area (Å²) in [4.78, 5) is 16.4. The van der Waals surface area contributed by atoms with E-state index in [9.17, 15) is 9.18 Å². The predicted octanol–water partition coefficient (Wildman–Crippen LogP) is 2.17. The zero-order valence-electron chi connectivity index (χ0n) is 14.3. The lowest BCUT2D eigenvalue weighted by Gasteiger charge is -2.38. The highest BCUT2D eigenvalue weighted by Gasteiger charge is 2.35. The molecule has 132 valence electrons. The minimum absolute atomic E-state index is 0.0467. The van der Waals surface area contributed by atoms with Crippen molar-refractivity contribution >= 4 is 5.91 Å². The van der Waals surface area contributed by atoms with Crippen molar-refractivity contribution in [2.75, 3.05) is 26.2 Å². The molecular weight excluding hydrogens is 305 g/mol. The fourth-order valence-corrected chi connectivity index (χ4v) is 4.21. The average molecular weight is 333 g/mol. The molecule has 2 N–H and O–H groups in total. The molecule has 1 amide bonds. The van der Waals surface area contributed by atoms with E-state index in [2.05, 4.69) is 9.80 Å². The Balaban J connectivity index is 1.40. The Hall–Kier alpha value is -1.46. The van der Waals surface area contributed by atoms with E-state index < -0.39 is 0 Å². The van der Waals surface area contributed by atoms with Crippen LogP contribution in [0.4, 0.5) is 4.39 Å². The molecule has 2 fully saturated rings. The number of nitrogens with two attached hydrogens (primary N) is 1. The van der Waals surface area contributed by atoms with Gasteiger partial charge in [-0.15, -0.1) is 0 Å². The second-order valence-corrected chi connectivity index (χ2v) is 7.10. The van der Waals surface area contributed by atoms with Crippen LogP contribution >= 0.6 is 0 Å². The van der Waals surface area contributed by atoms with Crippen LogP contribution < -0.4 is 5.73 Å². The van der Waals surface area contributed by atoms with Crippen molar-refractivity contribution in [1.29, 1.82) is 0 Å². The van der Waals surface area contributed by atoms with Gasteiger partial charge in [0.15, 0.2) is 0 Å². The van der Waals surface area contributed by atoms with Crippen LogP contribution in [0, 0.1) is 5.82 Å². The summed E-state index contributed by atoms with van der Waals surface area (Å²) in [5.41, 5.74) is 6.61. The number of hydrogen-bond donors (Lipinski definition) is 1. The minimum atomic E-state index is -0.162. The summed E-state index contributed by atoms with van der Waals surface area (Å²) >= 11 is 0. The van der Waals surface area contributed by atoms with E-state index in [1.165, 1.54) is 6.07 Å². The lowest BCUT2D eigenvalue weighted by molar-refractivity contribution is -0.123. The van der Waals surface area contributed by atoms with Crippen molar-refractivity contribution in [2.24, 2.45) is 5.73 Å². The molecule has 24 heavy (non-hydrogen) atoms. The van der Waals surface area contributed by atoms with E-state index >= 15 is 0 Å². The fourth-order valence-electron chi connectivity index (χ4n) is 4.21. The topological polar surface area (TPSA) is 49.6 Å². The Kier molecular flexibility index (Phi) is 5.85. The van der Waals surface area contributed by atoms with Crippen molar-refractivity contribution in [3.8, 4) is 0 Å². The first-order chi connectivity index (χ1) is 11.6. The summed E-state index contributed by atoms with van der Waals surface area (Å²) < 4.78 is 13.2. The molecule has 3 rings (SSSR count). The van der Waals surface area contributed by atoms with Gasteiger partial charge in [0.05, 0.1) is 6.04 Å². The van der Waals surface area contributed by atoms with Gasteiger partial charge >= 0.3 is 0 Å². The second-order valence-electron chi connectivity index (χ2n) is 7.10. The van der Waals surface area contributed by atoms with Crippen LogP contribution in [-0.2, 0) is 11.2 Å². The molecule has 5 heteroatoms. The van der Waals surface area contributed by atoms with Gasteiger partial charge in [-0.2, -0.15) is 0 Å². The number of aryl methyl sites for hydroxylation is 1. The Morgan fingerprint density at radius 2 is 2.00 bits per heavy atom. The molecule has 2 aliphatic heterocycles. The summed E-state index contributed by atoms with van der Waals surface area (Å²) in [6.07, 6.45) is 6.22. The number of benzene rings is 1. The predicted molar refractivity (Wildman–Crippen MR) is 93.1 cm³/mol. The number of carbonyl (C=O) groups excluding carboxylic acids is 1. The second kappa shape index (κ2) is 8.08. The van der Waals surface area contributed by atoms with Gasteiger partial charge in [0.25, 0.3) is 0 Å². The van der Waals surface area contributed by atoms with Gasteiger partial charge in [0.2, 0.25) is 5.91 Å². The van der Waals surface area contributed by atoms with E-state index in [4.69, 9.17) is 5.73 Å². The summed E-state index contributed by atoms with van der Waals surface area (Å²) in [5.74, 6) is -0.312. The lowest BCUT2D eigenvalue weighted by atomic mass is 10.0. The molecule has 0 aliphatic carbocycles. The minimum Gasteiger partial charge on any atom is -0.368 e. The number of amides is 1. The third-order valence-corrected chi connectivity index (χ3v) is 5.48.